The zero-order chi connectivity index (χ0) is 14.8. The molecule has 1 heterocycles. The largest absolute Gasteiger partial charge is 0.459 e. The topological polar surface area (TPSA) is 25.2 Å². The average Bonchev–Trinajstić information content (AvgIpc) is 2.80. The number of hydrogen-bond donors (Lipinski definition) is 1. The molecule has 110 valence electrons. The van der Waals surface area contributed by atoms with Crippen LogP contribution in [0.25, 0.3) is 11.0 Å². The summed E-state index contributed by atoms with van der Waals surface area (Å²) in [5, 5.41) is 4.73. The van der Waals surface area contributed by atoms with Gasteiger partial charge in [0.25, 0.3) is 0 Å². The maximum atomic E-state index is 6.04. The lowest BCUT2D eigenvalue weighted by Gasteiger charge is -2.18. The molecule has 1 aromatic heterocycles. The summed E-state index contributed by atoms with van der Waals surface area (Å²) in [6.45, 7) is 12.1. The van der Waals surface area contributed by atoms with E-state index in [4.69, 9.17) is 4.42 Å². The van der Waals surface area contributed by atoms with E-state index in [1.54, 1.807) is 0 Å². The third-order valence-corrected chi connectivity index (χ3v) is 3.77. The van der Waals surface area contributed by atoms with Crippen molar-refractivity contribution in [3.63, 3.8) is 0 Å². The van der Waals surface area contributed by atoms with Crippen LogP contribution in [0.2, 0.25) is 0 Å². The minimum absolute atomic E-state index is 0.177. The molecule has 0 aliphatic heterocycles. The Morgan fingerprint density at radius 1 is 1.15 bits per heavy atom. The third kappa shape index (κ3) is 3.24. The van der Waals surface area contributed by atoms with Crippen LogP contribution in [-0.2, 0) is 5.41 Å². The number of benzene rings is 1. The van der Waals surface area contributed by atoms with Gasteiger partial charge >= 0.3 is 0 Å². The van der Waals surface area contributed by atoms with Crippen molar-refractivity contribution >= 4 is 11.0 Å². The smallest absolute Gasteiger partial charge is 0.134 e. The molecule has 1 aromatic carbocycles. The van der Waals surface area contributed by atoms with Crippen molar-refractivity contribution in [3.8, 4) is 0 Å². The molecule has 2 heteroatoms. The van der Waals surface area contributed by atoms with Crippen molar-refractivity contribution in [2.24, 2.45) is 0 Å². The zero-order valence-corrected chi connectivity index (χ0v) is 13.4. The summed E-state index contributed by atoms with van der Waals surface area (Å²) < 4.78 is 6.04. The van der Waals surface area contributed by atoms with Gasteiger partial charge in [-0.3, -0.25) is 0 Å². The number of nitrogens with one attached hydrogen (secondary N) is 1. The summed E-state index contributed by atoms with van der Waals surface area (Å²) in [5.41, 5.74) is 2.52. The van der Waals surface area contributed by atoms with Gasteiger partial charge in [-0.1, -0.05) is 47.1 Å². The molecular formula is C18H27NO. The van der Waals surface area contributed by atoms with Crippen LogP contribution in [0.1, 0.15) is 64.8 Å². The van der Waals surface area contributed by atoms with Crippen LogP contribution in [0, 0.1) is 0 Å². The Morgan fingerprint density at radius 2 is 1.90 bits per heavy atom. The zero-order valence-electron chi connectivity index (χ0n) is 13.4. The van der Waals surface area contributed by atoms with Gasteiger partial charge in [0.15, 0.2) is 0 Å². The first kappa shape index (κ1) is 15.1. The van der Waals surface area contributed by atoms with Crippen LogP contribution in [0.15, 0.2) is 28.7 Å². The van der Waals surface area contributed by atoms with Crippen LogP contribution < -0.4 is 5.32 Å². The molecule has 0 radical (unpaired) electrons. The summed E-state index contributed by atoms with van der Waals surface area (Å²) in [6, 6.07) is 9.08. The van der Waals surface area contributed by atoms with Gasteiger partial charge in [0.2, 0.25) is 0 Å². The first-order valence-corrected chi connectivity index (χ1v) is 7.73. The number of rotatable bonds is 5. The Labute approximate surface area is 122 Å². The summed E-state index contributed by atoms with van der Waals surface area (Å²) >= 11 is 0. The first-order chi connectivity index (χ1) is 9.45. The normalized spacial score (nSPS) is 13.8. The van der Waals surface area contributed by atoms with Gasteiger partial charge in [0.05, 0.1) is 6.04 Å². The van der Waals surface area contributed by atoms with Gasteiger partial charge in [-0.2, -0.15) is 0 Å². The lowest BCUT2D eigenvalue weighted by atomic mass is 9.86. The van der Waals surface area contributed by atoms with Crippen LogP contribution in [0.4, 0.5) is 0 Å². The Kier molecular flexibility index (Phi) is 4.54. The molecule has 0 bridgehead atoms. The highest BCUT2D eigenvalue weighted by atomic mass is 16.3. The highest BCUT2D eigenvalue weighted by Gasteiger charge is 2.17. The van der Waals surface area contributed by atoms with Crippen molar-refractivity contribution in [2.75, 3.05) is 6.54 Å². The fourth-order valence-electron chi connectivity index (χ4n) is 2.58. The van der Waals surface area contributed by atoms with Crippen LogP contribution in [0.5, 0.6) is 0 Å². The van der Waals surface area contributed by atoms with Gasteiger partial charge in [0.1, 0.15) is 11.3 Å². The van der Waals surface area contributed by atoms with E-state index in [2.05, 4.69) is 64.2 Å². The van der Waals surface area contributed by atoms with E-state index in [1.807, 2.05) is 0 Å². The third-order valence-electron chi connectivity index (χ3n) is 3.77. The molecule has 2 nitrogen and oxygen atoms in total. The van der Waals surface area contributed by atoms with E-state index >= 15 is 0 Å². The van der Waals surface area contributed by atoms with E-state index in [0.717, 1.165) is 30.7 Å². The minimum Gasteiger partial charge on any atom is -0.459 e. The lowest BCUT2D eigenvalue weighted by Crippen LogP contribution is -2.20. The van der Waals surface area contributed by atoms with Gasteiger partial charge in [-0.15, -0.1) is 0 Å². The molecule has 0 aliphatic rings. The number of hydrogen-bond acceptors (Lipinski definition) is 2. The second-order valence-electron chi connectivity index (χ2n) is 6.55. The fraction of sp³-hybridized carbons (Fsp3) is 0.556. The quantitative estimate of drug-likeness (QED) is 0.812. The predicted molar refractivity (Wildman–Crippen MR) is 86.2 cm³/mol. The van der Waals surface area contributed by atoms with Gasteiger partial charge in [0, 0.05) is 5.39 Å². The van der Waals surface area contributed by atoms with Crippen molar-refractivity contribution in [2.45, 2.75) is 58.9 Å². The molecule has 0 spiro atoms. The lowest BCUT2D eigenvalue weighted by molar-refractivity contribution is 0.414. The Balaban J connectivity index is 2.37. The maximum absolute atomic E-state index is 6.04. The Morgan fingerprint density at radius 3 is 2.50 bits per heavy atom. The van der Waals surface area contributed by atoms with E-state index in [0.29, 0.717) is 6.04 Å². The highest BCUT2D eigenvalue weighted by Crippen LogP contribution is 2.30. The van der Waals surface area contributed by atoms with Crippen molar-refractivity contribution in [1.29, 1.82) is 0 Å². The molecule has 0 aliphatic carbocycles. The Bertz CT molecular complexity index is 556. The van der Waals surface area contributed by atoms with E-state index in [1.165, 1.54) is 10.9 Å². The molecule has 1 unspecified atom stereocenters. The molecule has 2 rings (SSSR count). The highest BCUT2D eigenvalue weighted by molar-refractivity contribution is 5.79. The van der Waals surface area contributed by atoms with Gasteiger partial charge in [-0.25, -0.2) is 0 Å². The number of furan rings is 1. The molecule has 20 heavy (non-hydrogen) atoms. The van der Waals surface area contributed by atoms with Crippen molar-refractivity contribution in [3.05, 3.63) is 35.6 Å². The summed E-state index contributed by atoms with van der Waals surface area (Å²) in [5.74, 6) is 1.06. The second kappa shape index (κ2) is 6.01. The molecule has 0 saturated heterocycles. The molecule has 0 amide bonds. The minimum atomic E-state index is 0.177. The van der Waals surface area contributed by atoms with Gasteiger partial charge < -0.3 is 9.73 Å². The van der Waals surface area contributed by atoms with Crippen molar-refractivity contribution in [1.82, 2.24) is 5.32 Å². The molecule has 2 aromatic rings. The number of fused-ring (bicyclic) bond motifs is 1. The average molecular weight is 273 g/mol. The van der Waals surface area contributed by atoms with E-state index in [9.17, 15) is 0 Å². The molecule has 0 saturated carbocycles. The Hall–Kier alpha value is -1.28. The summed E-state index contributed by atoms with van der Waals surface area (Å²) in [7, 11) is 0. The predicted octanol–water partition coefficient (Wildman–Crippen LogP) is 5.18. The molecule has 1 N–H and O–H groups in total. The van der Waals surface area contributed by atoms with Crippen LogP contribution >= 0.6 is 0 Å². The molecular weight excluding hydrogens is 246 g/mol. The van der Waals surface area contributed by atoms with Crippen molar-refractivity contribution < 1.29 is 4.42 Å². The standard InChI is InChI=1S/C18H27NO/c1-6-8-15(19-7-2)17-12-13-11-14(18(3,4)5)9-10-16(13)20-17/h9-12,15,19H,6-8H2,1-5H3. The van der Waals surface area contributed by atoms with Crippen LogP contribution in [-0.4, -0.2) is 6.54 Å². The van der Waals surface area contributed by atoms with E-state index in [-0.39, 0.29) is 5.41 Å². The monoisotopic (exact) mass is 273 g/mol. The summed E-state index contributed by atoms with van der Waals surface area (Å²) in [4.78, 5) is 0. The fourth-order valence-corrected chi connectivity index (χ4v) is 2.58. The van der Waals surface area contributed by atoms with Crippen LogP contribution in [0.3, 0.4) is 0 Å². The first-order valence-electron chi connectivity index (χ1n) is 7.73. The second-order valence-corrected chi connectivity index (χ2v) is 6.55. The molecule has 1 atom stereocenters. The maximum Gasteiger partial charge on any atom is 0.134 e. The SMILES string of the molecule is CCCC(NCC)c1cc2cc(C(C)(C)C)ccc2o1. The van der Waals surface area contributed by atoms with E-state index < -0.39 is 0 Å². The molecule has 0 fully saturated rings. The summed E-state index contributed by atoms with van der Waals surface area (Å²) in [6.07, 6.45) is 2.27. The van der Waals surface area contributed by atoms with Gasteiger partial charge in [-0.05, 0) is 42.1 Å².